The van der Waals surface area contributed by atoms with Crippen LogP contribution in [0, 0.1) is 6.92 Å². The van der Waals surface area contributed by atoms with Crippen LogP contribution in [0.2, 0.25) is 10.0 Å². The van der Waals surface area contributed by atoms with Crippen molar-refractivity contribution < 1.29 is 18.0 Å². The van der Waals surface area contributed by atoms with Crippen LogP contribution in [0.25, 0.3) is 0 Å². The molecule has 1 aliphatic carbocycles. The van der Waals surface area contributed by atoms with Crippen molar-refractivity contribution in [3.8, 4) is 0 Å². The van der Waals surface area contributed by atoms with Gasteiger partial charge in [-0.15, -0.1) is 0 Å². The molecular weight excluding hydrogens is 593 g/mol. The van der Waals surface area contributed by atoms with Gasteiger partial charge in [0.2, 0.25) is 21.8 Å². The molecule has 10 heteroatoms. The molecule has 0 unspecified atom stereocenters. The lowest BCUT2D eigenvalue weighted by atomic mass is 9.94. The summed E-state index contributed by atoms with van der Waals surface area (Å²) in [7, 11) is -3.89. The average Bonchev–Trinajstić information content (AvgIpc) is 2.96. The molecule has 7 nitrogen and oxygen atoms in total. The molecule has 0 saturated heterocycles. The Kier molecular flexibility index (Phi) is 10.9. The lowest BCUT2D eigenvalue weighted by Crippen LogP contribution is -2.55. The van der Waals surface area contributed by atoms with Gasteiger partial charge in [0.15, 0.2) is 0 Å². The lowest BCUT2D eigenvalue weighted by molar-refractivity contribution is -0.140. The first kappa shape index (κ1) is 31.9. The number of rotatable bonds is 11. The first-order valence-electron chi connectivity index (χ1n) is 14.1. The maximum absolute atomic E-state index is 14.3. The second kappa shape index (κ2) is 14.4. The number of benzene rings is 3. The molecule has 0 heterocycles. The highest BCUT2D eigenvalue weighted by molar-refractivity contribution is 7.92. The molecule has 1 aliphatic rings. The number of sulfonamides is 1. The summed E-state index contributed by atoms with van der Waals surface area (Å²) >= 11 is 12.8. The van der Waals surface area contributed by atoms with Gasteiger partial charge < -0.3 is 10.2 Å². The zero-order valence-electron chi connectivity index (χ0n) is 23.9. The average molecular weight is 631 g/mol. The molecule has 4 rings (SSSR count). The van der Waals surface area contributed by atoms with Crippen molar-refractivity contribution in [2.75, 3.05) is 17.1 Å². The van der Waals surface area contributed by atoms with E-state index >= 15 is 0 Å². The van der Waals surface area contributed by atoms with E-state index in [1.165, 1.54) is 11.0 Å². The molecule has 0 spiro atoms. The molecular formula is C32H37Cl2N3O4S. The monoisotopic (exact) mass is 629 g/mol. The molecule has 1 saturated carbocycles. The zero-order valence-corrected chi connectivity index (χ0v) is 26.3. The van der Waals surface area contributed by atoms with Crippen LogP contribution >= 0.6 is 23.2 Å². The van der Waals surface area contributed by atoms with E-state index in [9.17, 15) is 18.0 Å². The van der Waals surface area contributed by atoms with E-state index in [2.05, 4.69) is 5.32 Å². The molecule has 1 fully saturated rings. The number of hydrogen-bond acceptors (Lipinski definition) is 4. The van der Waals surface area contributed by atoms with E-state index in [1.54, 1.807) is 37.3 Å². The molecule has 1 atom stereocenters. The molecule has 0 bridgehead atoms. The van der Waals surface area contributed by atoms with Crippen molar-refractivity contribution in [1.29, 1.82) is 0 Å². The number of carbonyl (C=O) groups is 2. The Labute approximate surface area is 258 Å². The van der Waals surface area contributed by atoms with E-state index in [1.807, 2.05) is 36.4 Å². The van der Waals surface area contributed by atoms with Crippen LogP contribution in [-0.2, 0) is 32.6 Å². The summed E-state index contributed by atoms with van der Waals surface area (Å²) in [6.45, 7) is 1.28. The molecule has 2 amide bonds. The van der Waals surface area contributed by atoms with Gasteiger partial charge in [-0.2, -0.15) is 0 Å². The second-order valence-corrected chi connectivity index (χ2v) is 13.6. The van der Waals surface area contributed by atoms with Gasteiger partial charge in [-0.1, -0.05) is 97.1 Å². The number of nitrogens with one attached hydrogen (secondary N) is 1. The summed E-state index contributed by atoms with van der Waals surface area (Å²) in [6, 6.07) is 20.7. The predicted octanol–water partition coefficient (Wildman–Crippen LogP) is 6.16. The summed E-state index contributed by atoms with van der Waals surface area (Å²) in [5, 5.41) is 3.99. The number of carbonyl (C=O) groups excluding carboxylic acids is 2. The maximum atomic E-state index is 14.3. The van der Waals surface area contributed by atoms with E-state index in [0.29, 0.717) is 26.9 Å². The molecule has 1 N–H and O–H groups in total. The van der Waals surface area contributed by atoms with Gasteiger partial charge >= 0.3 is 0 Å². The summed E-state index contributed by atoms with van der Waals surface area (Å²) < 4.78 is 27.1. The van der Waals surface area contributed by atoms with Gasteiger partial charge in [0, 0.05) is 29.1 Å². The number of nitrogens with zero attached hydrogens (tertiary/aromatic N) is 2. The fraction of sp³-hybridized carbons (Fsp3) is 0.375. The first-order valence-corrected chi connectivity index (χ1v) is 16.7. The topological polar surface area (TPSA) is 86.8 Å². The quantitative estimate of drug-likeness (QED) is 0.275. The third-order valence-electron chi connectivity index (χ3n) is 7.64. The first-order chi connectivity index (χ1) is 20.0. The standard InChI is InChI=1S/C32H37Cl2N3O4S/c1-23-17-18-26(33)20-29(23)37(42(2,40)41)22-31(38)36(21-25-13-9-10-16-28(25)34)30(19-24-11-5-3-6-12-24)32(39)35-27-14-7-4-8-15-27/h3,5-6,9-13,16-18,20,27,30H,4,7-8,14-15,19,21-22H2,1-2H3,(H,35,39)/t30-/m1/s1. The largest absolute Gasteiger partial charge is 0.352 e. The zero-order chi connectivity index (χ0) is 30.3. The smallest absolute Gasteiger partial charge is 0.244 e. The molecule has 0 aliphatic heterocycles. The summed E-state index contributed by atoms with van der Waals surface area (Å²) in [6.07, 6.45) is 6.30. The Balaban J connectivity index is 1.75. The predicted molar refractivity (Wildman–Crippen MR) is 169 cm³/mol. The molecule has 42 heavy (non-hydrogen) atoms. The summed E-state index contributed by atoms with van der Waals surface area (Å²) in [5.74, 6) is -0.796. The van der Waals surface area contributed by atoms with Crippen LogP contribution in [0.15, 0.2) is 72.8 Å². The fourth-order valence-electron chi connectivity index (χ4n) is 5.35. The minimum atomic E-state index is -3.89. The van der Waals surface area contributed by atoms with Crippen LogP contribution in [-0.4, -0.2) is 50.0 Å². The van der Waals surface area contributed by atoms with E-state index in [0.717, 1.165) is 48.2 Å². The van der Waals surface area contributed by atoms with Gasteiger partial charge in [0.25, 0.3) is 0 Å². The van der Waals surface area contributed by atoms with Gasteiger partial charge in [-0.25, -0.2) is 8.42 Å². The number of amides is 2. The van der Waals surface area contributed by atoms with Crippen molar-refractivity contribution in [2.24, 2.45) is 0 Å². The fourth-order valence-corrected chi connectivity index (χ4v) is 6.62. The lowest BCUT2D eigenvalue weighted by Gasteiger charge is -2.35. The molecule has 0 radical (unpaired) electrons. The van der Waals surface area contributed by atoms with Crippen molar-refractivity contribution in [3.63, 3.8) is 0 Å². The third kappa shape index (κ3) is 8.49. The highest BCUT2D eigenvalue weighted by atomic mass is 35.5. The Morgan fingerprint density at radius 3 is 2.29 bits per heavy atom. The number of anilines is 1. The summed E-state index contributed by atoms with van der Waals surface area (Å²) in [5.41, 5.74) is 2.48. The highest BCUT2D eigenvalue weighted by Crippen LogP contribution is 2.28. The third-order valence-corrected chi connectivity index (χ3v) is 9.37. The van der Waals surface area contributed by atoms with Crippen molar-refractivity contribution >= 4 is 50.7 Å². The minimum Gasteiger partial charge on any atom is -0.352 e. The van der Waals surface area contributed by atoms with E-state index in [4.69, 9.17) is 23.2 Å². The number of hydrogen-bond donors (Lipinski definition) is 1. The SMILES string of the molecule is Cc1ccc(Cl)cc1N(CC(=O)N(Cc1ccccc1Cl)[C@H](Cc1ccccc1)C(=O)NC1CCCCC1)S(C)(=O)=O. The summed E-state index contributed by atoms with van der Waals surface area (Å²) in [4.78, 5) is 29.7. The van der Waals surface area contributed by atoms with Crippen LogP contribution in [0.5, 0.6) is 0 Å². The maximum Gasteiger partial charge on any atom is 0.244 e. The number of halogens is 2. The van der Waals surface area contributed by atoms with Gasteiger partial charge in [-0.3, -0.25) is 13.9 Å². The van der Waals surface area contributed by atoms with Crippen molar-refractivity contribution in [3.05, 3.63) is 99.5 Å². The Bertz CT molecular complexity index is 1490. The van der Waals surface area contributed by atoms with Crippen molar-refractivity contribution in [1.82, 2.24) is 10.2 Å². The Hall–Kier alpha value is -3.07. The van der Waals surface area contributed by atoms with Crippen molar-refractivity contribution in [2.45, 2.75) is 64.1 Å². The van der Waals surface area contributed by atoms with Crippen LogP contribution in [0.1, 0.15) is 48.8 Å². The Morgan fingerprint density at radius 1 is 0.952 bits per heavy atom. The minimum absolute atomic E-state index is 0.0280. The van der Waals surface area contributed by atoms with Gasteiger partial charge in [-0.05, 0) is 54.7 Å². The van der Waals surface area contributed by atoms with E-state index < -0.39 is 28.5 Å². The molecule has 3 aromatic carbocycles. The Morgan fingerprint density at radius 2 is 1.62 bits per heavy atom. The number of aryl methyl sites for hydroxylation is 1. The second-order valence-electron chi connectivity index (χ2n) is 10.9. The van der Waals surface area contributed by atoms with Crippen LogP contribution in [0.3, 0.4) is 0 Å². The molecule has 0 aromatic heterocycles. The van der Waals surface area contributed by atoms with Gasteiger partial charge in [0.05, 0.1) is 11.9 Å². The molecule has 3 aromatic rings. The normalized spacial score (nSPS) is 14.7. The van der Waals surface area contributed by atoms with Crippen LogP contribution < -0.4 is 9.62 Å². The van der Waals surface area contributed by atoms with E-state index in [-0.39, 0.29) is 24.9 Å². The molecule has 224 valence electrons. The van der Waals surface area contributed by atoms with Gasteiger partial charge in [0.1, 0.15) is 12.6 Å². The van der Waals surface area contributed by atoms with Crippen LogP contribution in [0.4, 0.5) is 5.69 Å². The highest BCUT2D eigenvalue weighted by Gasteiger charge is 2.34.